The van der Waals surface area contributed by atoms with Crippen LogP contribution in [-0.4, -0.2) is 61.9 Å². The highest BCUT2D eigenvalue weighted by Crippen LogP contribution is 2.16. The first-order valence-corrected chi connectivity index (χ1v) is 8.62. The predicted octanol–water partition coefficient (Wildman–Crippen LogP) is 1.34. The standard InChI is InChI=1S/C18H29N3O3.2ClH/c1-24-11-8-19-13-18(23)20-12-15-4-2-3-5-16(15)14-21-9-6-17(22)7-10-21;;/h2-5,17,19,22H,6-14H2,1H3,(H,20,23);2*1H. The molecule has 0 aromatic heterocycles. The summed E-state index contributed by atoms with van der Waals surface area (Å²) in [5, 5.41) is 15.6. The SMILES string of the molecule is COCCNCC(=O)NCc1ccccc1CN1CCC(O)CC1.Cl.Cl. The highest BCUT2D eigenvalue weighted by atomic mass is 35.5. The van der Waals surface area contributed by atoms with Crippen molar-refractivity contribution in [1.29, 1.82) is 0 Å². The molecule has 0 radical (unpaired) electrons. The minimum atomic E-state index is -0.151. The number of nitrogens with one attached hydrogen (secondary N) is 2. The molecule has 0 bridgehead atoms. The van der Waals surface area contributed by atoms with Crippen molar-refractivity contribution < 1.29 is 14.6 Å². The first-order valence-electron chi connectivity index (χ1n) is 8.62. The van der Waals surface area contributed by atoms with E-state index in [0.29, 0.717) is 26.2 Å². The Bertz CT molecular complexity index is 512. The molecule has 1 heterocycles. The lowest BCUT2D eigenvalue weighted by molar-refractivity contribution is -0.120. The number of likely N-dealkylation sites (tertiary alicyclic amines) is 1. The molecule has 1 aliphatic rings. The summed E-state index contributed by atoms with van der Waals surface area (Å²) in [7, 11) is 1.64. The maximum absolute atomic E-state index is 11.9. The van der Waals surface area contributed by atoms with Crippen molar-refractivity contribution >= 4 is 30.7 Å². The van der Waals surface area contributed by atoms with Crippen LogP contribution in [0.2, 0.25) is 0 Å². The quantitative estimate of drug-likeness (QED) is 0.538. The Morgan fingerprint density at radius 2 is 1.88 bits per heavy atom. The number of aliphatic hydroxyl groups is 1. The zero-order valence-corrected chi connectivity index (χ0v) is 16.9. The molecule has 26 heavy (non-hydrogen) atoms. The molecule has 3 N–H and O–H groups in total. The number of methoxy groups -OCH3 is 1. The van der Waals surface area contributed by atoms with E-state index in [1.165, 1.54) is 5.56 Å². The smallest absolute Gasteiger partial charge is 0.234 e. The number of aliphatic hydroxyl groups excluding tert-OH is 1. The van der Waals surface area contributed by atoms with Gasteiger partial charge in [-0.2, -0.15) is 0 Å². The molecule has 1 saturated heterocycles. The first-order chi connectivity index (χ1) is 11.7. The van der Waals surface area contributed by atoms with Gasteiger partial charge in [-0.1, -0.05) is 24.3 Å². The Hall–Kier alpha value is -0.890. The van der Waals surface area contributed by atoms with E-state index < -0.39 is 0 Å². The van der Waals surface area contributed by atoms with Crippen molar-refractivity contribution in [3.8, 4) is 0 Å². The number of ether oxygens (including phenoxy) is 1. The number of carbonyl (C=O) groups excluding carboxylic acids is 1. The Kier molecular flexibility index (Phi) is 13.7. The second kappa shape index (κ2) is 14.2. The lowest BCUT2D eigenvalue weighted by atomic mass is 10.0. The van der Waals surface area contributed by atoms with Crippen LogP contribution in [0.15, 0.2) is 24.3 Å². The van der Waals surface area contributed by atoms with Crippen LogP contribution in [0.4, 0.5) is 0 Å². The molecule has 1 aromatic rings. The zero-order chi connectivity index (χ0) is 17.2. The van der Waals surface area contributed by atoms with Gasteiger partial charge in [-0.15, -0.1) is 24.8 Å². The normalized spacial score (nSPS) is 15.0. The van der Waals surface area contributed by atoms with E-state index in [-0.39, 0.29) is 36.8 Å². The number of nitrogens with zero attached hydrogens (tertiary/aromatic N) is 1. The van der Waals surface area contributed by atoms with Gasteiger partial charge in [0, 0.05) is 39.8 Å². The van der Waals surface area contributed by atoms with Crippen LogP contribution >= 0.6 is 24.8 Å². The number of piperidine rings is 1. The van der Waals surface area contributed by atoms with Gasteiger partial charge in [-0.05, 0) is 24.0 Å². The van der Waals surface area contributed by atoms with Crippen molar-refractivity contribution in [3.63, 3.8) is 0 Å². The highest BCUT2D eigenvalue weighted by molar-refractivity contribution is 5.85. The maximum atomic E-state index is 11.9. The van der Waals surface area contributed by atoms with Gasteiger partial charge in [0.1, 0.15) is 0 Å². The summed E-state index contributed by atoms with van der Waals surface area (Å²) >= 11 is 0. The predicted molar refractivity (Wildman–Crippen MR) is 108 cm³/mol. The third kappa shape index (κ3) is 9.16. The number of hydrogen-bond acceptors (Lipinski definition) is 5. The Labute approximate surface area is 168 Å². The average Bonchev–Trinajstić information content (AvgIpc) is 2.60. The molecule has 0 saturated carbocycles. The molecule has 1 aliphatic heterocycles. The number of amides is 1. The third-order valence-corrected chi connectivity index (χ3v) is 4.31. The van der Waals surface area contributed by atoms with Crippen molar-refractivity contribution in [2.24, 2.45) is 0 Å². The summed E-state index contributed by atoms with van der Waals surface area (Å²) < 4.78 is 4.93. The summed E-state index contributed by atoms with van der Waals surface area (Å²) in [6.45, 7) is 4.82. The molecule has 0 atom stereocenters. The van der Waals surface area contributed by atoms with Crippen molar-refractivity contribution in [3.05, 3.63) is 35.4 Å². The first kappa shape index (κ1) is 25.1. The van der Waals surface area contributed by atoms with E-state index in [1.54, 1.807) is 7.11 Å². The van der Waals surface area contributed by atoms with Gasteiger partial charge >= 0.3 is 0 Å². The van der Waals surface area contributed by atoms with Crippen LogP contribution in [0.5, 0.6) is 0 Å². The second-order valence-electron chi connectivity index (χ2n) is 6.22. The van der Waals surface area contributed by atoms with E-state index in [9.17, 15) is 9.90 Å². The molecule has 1 aromatic carbocycles. The van der Waals surface area contributed by atoms with E-state index in [1.807, 2.05) is 12.1 Å². The van der Waals surface area contributed by atoms with Crippen LogP contribution in [0, 0.1) is 0 Å². The molecule has 0 spiro atoms. The number of halogens is 2. The monoisotopic (exact) mass is 407 g/mol. The Morgan fingerprint density at radius 1 is 1.23 bits per heavy atom. The molecular formula is C18H31Cl2N3O3. The van der Waals surface area contributed by atoms with E-state index in [0.717, 1.165) is 38.0 Å². The van der Waals surface area contributed by atoms with Crippen molar-refractivity contribution in [1.82, 2.24) is 15.5 Å². The van der Waals surface area contributed by atoms with Gasteiger partial charge < -0.3 is 20.5 Å². The van der Waals surface area contributed by atoms with E-state index in [4.69, 9.17) is 4.74 Å². The summed E-state index contributed by atoms with van der Waals surface area (Å²) in [6.07, 6.45) is 1.53. The average molecular weight is 408 g/mol. The van der Waals surface area contributed by atoms with E-state index >= 15 is 0 Å². The van der Waals surface area contributed by atoms with Gasteiger partial charge in [0.2, 0.25) is 5.91 Å². The lowest BCUT2D eigenvalue weighted by Crippen LogP contribution is -2.36. The summed E-state index contributed by atoms with van der Waals surface area (Å²) in [5.74, 6) is -0.0120. The molecule has 2 rings (SSSR count). The summed E-state index contributed by atoms with van der Waals surface area (Å²) in [5.41, 5.74) is 2.38. The van der Waals surface area contributed by atoms with Gasteiger partial charge in [0.05, 0.1) is 19.3 Å². The summed E-state index contributed by atoms with van der Waals surface area (Å²) in [4.78, 5) is 14.2. The largest absolute Gasteiger partial charge is 0.393 e. The summed E-state index contributed by atoms with van der Waals surface area (Å²) in [6, 6.07) is 8.21. The van der Waals surface area contributed by atoms with Crippen LogP contribution in [0.1, 0.15) is 24.0 Å². The fourth-order valence-electron chi connectivity index (χ4n) is 2.84. The van der Waals surface area contributed by atoms with E-state index in [2.05, 4.69) is 27.7 Å². The third-order valence-electron chi connectivity index (χ3n) is 4.31. The fourth-order valence-corrected chi connectivity index (χ4v) is 2.84. The minimum absolute atomic E-state index is 0. The molecule has 6 nitrogen and oxygen atoms in total. The topological polar surface area (TPSA) is 73.8 Å². The van der Waals surface area contributed by atoms with Crippen LogP contribution in [0.3, 0.4) is 0 Å². The van der Waals surface area contributed by atoms with Gasteiger partial charge in [-0.25, -0.2) is 0 Å². The second-order valence-corrected chi connectivity index (χ2v) is 6.22. The number of hydrogen-bond donors (Lipinski definition) is 3. The van der Waals surface area contributed by atoms with Crippen LogP contribution < -0.4 is 10.6 Å². The molecule has 0 aliphatic carbocycles. The Morgan fingerprint density at radius 3 is 2.54 bits per heavy atom. The molecule has 150 valence electrons. The lowest BCUT2D eigenvalue weighted by Gasteiger charge is -2.30. The van der Waals surface area contributed by atoms with Crippen LogP contribution in [-0.2, 0) is 22.6 Å². The number of benzene rings is 1. The maximum Gasteiger partial charge on any atom is 0.234 e. The van der Waals surface area contributed by atoms with Gasteiger partial charge in [-0.3, -0.25) is 9.69 Å². The minimum Gasteiger partial charge on any atom is -0.393 e. The highest BCUT2D eigenvalue weighted by Gasteiger charge is 2.17. The van der Waals surface area contributed by atoms with Crippen molar-refractivity contribution in [2.75, 3.05) is 39.9 Å². The molecule has 1 fully saturated rings. The van der Waals surface area contributed by atoms with Crippen molar-refractivity contribution in [2.45, 2.75) is 32.0 Å². The van der Waals surface area contributed by atoms with Crippen LogP contribution in [0.25, 0.3) is 0 Å². The zero-order valence-electron chi connectivity index (χ0n) is 15.3. The molecule has 8 heteroatoms. The molecule has 1 amide bonds. The molecular weight excluding hydrogens is 377 g/mol. The van der Waals surface area contributed by atoms with Gasteiger partial charge in [0.15, 0.2) is 0 Å². The number of rotatable bonds is 9. The fraction of sp³-hybridized carbons (Fsp3) is 0.611. The Balaban J connectivity index is 0.00000312. The number of carbonyl (C=O) groups is 1. The molecule has 0 unspecified atom stereocenters. The van der Waals surface area contributed by atoms with Gasteiger partial charge in [0.25, 0.3) is 0 Å².